The van der Waals surface area contributed by atoms with E-state index >= 15 is 0 Å². The molecule has 0 fully saturated rings. The number of hydrogen-bond donors (Lipinski definition) is 1. The molecule has 0 aliphatic heterocycles. The molecule has 4 heteroatoms. The Bertz CT molecular complexity index is 525. The van der Waals surface area contributed by atoms with Crippen molar-refractivity contribution >= 4 is 17.6 Å². The van der Waals surface area contributed by atoms with Gasteiger partial charge in [-0.15, -0.1) is 11.3 Å². The van der Waals surface area contributed by atoms with Crippen LogP contribution in [0.4, 0.5) is 0 Å². The Labute approximate surface area is 97.5 Å². The molecular weight excluding hydrogens is 218 g/mol. The lowest BCUT2D eigenvalue weighted by atomic mass is 10.2. The average Bonchev–Trinajstić information content (AvgIpc) is 2.81. The maximum atomic E-state index is 8.82. The van der Waals surface area contributed by atoms with Crippen molar-refractivity contribution in [3.05, 3.63) is 40.7 Å². The van der Waals surface area contributed by atoms with Crippen molar-refractivity contribution < 1.29 is 0 Å². The highest BCUT2D eigenvalue weighted by atomic mass is 32.1. The van der Waals surface area contributed by atoms with Crippen molar-refractivity contribution in [3.63, 3.8) is 0 Å². The van der Waals surface area contributed by atoms with Gasteiger partial charge in [-0.25, -0.2) is 4.98 Å². The van der Waals surface area contributed by atoms with Crippen LogP contribution < -0.4 is 0 Å². The van der Waals surface area contributed by atoms with Gasteiger partial charge in [-0.2, -0.15) is 5.26 Å². The summed E-state index contributed by atoms with van der Waals surface area (Å²) in [6.45, 7) is 0. The first-order chi connectivity index (χ1) is 7.85. The van der Waals surface area contributed by atoms with Gasteiger partial charge < -0.3 is 5.41 Å². The van der Waals surface area contributed by atoms with Gasteiger partial charge in [0, 0.05) is 17.2 Å². The summed E-state index contributed by atoms with van der Waals surface area (Å²) in [5, 5.41) is 18.5. The first kappa shape index (κ1) is 10.5. The average molecular weight is 227 g/mol. The second-order valence-corrected chi connectivity index (χ2v) is 4.10. The van der Waals surface area contributed by atoms with Gasteiger partial charge in [0.2, 0.25) is 0 Å². The molecule has 2 aromatic rings. The molecule has 0 saturated carbocycles. The Kier molecular flexibility index (Phi) is 3.08. The SMILES string of the molecule is N#CC(C=N)c1nc(-c2ccccc2)cs1. The fourth-order valence-electron chi connectivity index (χ4n) is 1.34. The summed E-state index contributed by atoms with van der Waals surface area (Å²) in [4.78, 5) is 4.37. The van der Waals surface area contributed by atoms with Gasteiger partial charge in [0.05, 0.1) is 11.8 Å². The predicted octanol–water partition coefficient (Wildman–Crippen LogP) is 3.07. The van der Waals surface area contributed by atoms with E-state index in [-0.39, 0.29) is 0 Å². The van der Waals surface area contributed by atoms with E-state index in [0.29, 0.717) is 5.01 Å². The topological polar surface area (TPSA) is 60.5 Å². The van der Waals surface area contributed by atoms with Crippen LogP contribution in [-0.2, 0) is 0 Å². The number of benzene rings is 1. The Hall–Kier alpha value is -1.99. The Balaban J connectivity index is 2.34. The molecule has 78 valence electrons. The van der Waals surface area contributed by atoms with E-state index in [1.165, 1.54) is 11.3 Å². The predicted molar refractivity (Wildman–Crippen MR) is 64.7 cm³/mol. The standard InChI is InChI=1S/C12H9N3S/c13-6-10(7-14)12-15-11(8-16-12)9-4-2-1-3-5-9/h1-6,8,10,13H. The van der Waals surface area contributed by atoms with Gasteiger partial charge >= 0.3 is 0 Å². The Morgan fingerprint density at radius 1 is 1.38 bits per heavy atom. The number of rotatable bonds is 3. The fourth-order valence-corrected chi connectivity index (χ4v) is 2.18. The smallest absolute Gasteiger partial charge is 0.132 e. The Morgan fingerprint density at radius 3 is 2.75 bits per heavy atom. The van der Waals surface area contributed by atoms with E-state index in [9.17, 15) is 0 Å². The van der Waals surface area contributed by atoms with Gasteiger partial charge in [-0.3, -0.25) is 0 Å². The lowest BCUT2D eigenvalue weighted by Gasteiger charge is -1.96. The number of thiazole rings is 1. The second-order valence-electron chi connectivity index (χ2n) is 3.21. The minimum Gasteiger partial charge on any atom is -0.311 e. The third-order valence-corrected chi connectivity index (χ3v) is 3.09. The van der Waals surface area contributed by atoms with Crippen molar-refractivity contribution in [2.45, 2.75) is 5.92 Å². The molecule has 0 bridgehead atoms. The normalized spacial score (nSPS) is 11.7. The molecule has 0 amide bonds. The molecule has 1 aromatic heterocycles. The molecule has 0 saturated heterocycles. The number of nitrogens with one attached hydrogen (secondary N) is 1. The van der Waals surface area contributed by atoms with Crippen molar-refractivity contribution in [2.75, 3.05) is 0 Å². The van der Waals surface area contributed by atoms with E-state index in [1.807, 2.05) is 41.8 Å². The maximum Gasteiger partial charge on any atom is 0.132 e. The van der Waals surface area contributed by atoms with Crippen LogP contribution in [0.3, 0.4) is 0 Å². The zero-order valence-corrected chi connectivity index (χ0v) is 9.24. The number of nitriles is 1. The lowest BCUT2D eigenvalue weighted by Crippen LogP contribution is -1.94. The number of hydrogen-bond acceptors (Lipinski definition) is 4. The van der Waals surface area contributed by atoms with Crippen LogP contribution in [0.25, 0.3) is 11.3 Å². The van der Waals surface area contributed by atoms with Crippen LogP contribution in [-0.4, -0.2) is 11.2 Å². The van der Waals surface area contributed by atoms with E-state index in [2.05, 4.69) is 4.98 Å². The number of nitrogens with zero attached hydrogens (tertiary/aromatic N) is 2. The highest BCUT2D eigenvalue weighted by molar-refractivity contribution is 7.10. The molecule has 2 rings (SSSR count). The molecule has 1 atom stereocenters. The van der Waals surface area contributed by atoms with Gasteiger partial charge in [0.1, 0.15) is 10.9 Å². The third kappa shape index (κ3) is 2.00. The first-order valence-electron chi connectivity index (χ1n) is 4.76. The van der Waals surface area contributed by atoms with E-state index < -0.39 is 5.92 Å². The molecule has 16 heavy (non-hydrogen) atoms. The van der Waals surface area contributed by atoms with Gasteiger partial charge in [-0.05, 0) is 0 Å². The van der Waals surface area contributed by atoms with Crippen molar-refractivity contribution in [3.8, 4) is 17.3 Å². The highest BCUT2D eigenvalue weighted by Gasteiger charge is 2.12. The van der Waals surface area contributed by atoms with Crippen LogP contribution in [0.5, 0.6) is 0 Å². The minimum atomic E-state index is -0.525. The maximum absolute atomic E-state index is 8.82. The molecule has 0 aliphatic carbocycles. The van der Waals surface area contributed by atoms with Gasteiger partial charge in [0.15, 0.2) is 0 Å². The summed E-state index contributed by atoms with van der Waals surface area (Å²) in [7, 11) is 0. The quantitative estimate of drug-likeness (QED) is 0.819. The summed E-state index contributed by atoms with van der Waals surface area (Å²) in [6, 6.07) is 11.8. The van der Waals surface area contributed by atoms with Crippen molar-refractivity contribution in [2.24, 2.45) is 0 Å². The van der Waals surface area contributed by atoms with Gasteiger partial charge in [0.25, 0.3) is 0 Å². The molecule has 1 heterocycles. The molecule has 3 nitrogen and oxygen atoms in total. The largest absolute Gasteiger partial charge is 0.311 e. The summed E-state index contributed by atoms with van der Waals surface area (Å²) in [5.74, 6) is -0.525. The van der Waals surface area contributed by atoms with Crippen LogP contribution in [0.2, 0.25) is 0 Å². The molecule has 0 aliphatic rings. The highest BCUT2D eigenvalue weighted by Crippen LogP contribution is 2.25. The Morgan fingerprint density at radius 2 is 2.12 bits per heavy atom. The monoisotopic (exact) mass is 227 g/mol. The van der Waals surface area contributed by atoms with Gasteiger partial charge in [-0.1, -0.05) is 30.3 Å². The van der Waals surface area contributed by atoms with Crippen molar-refractivity contribution in [1.29, 1.82) is 10.7 Å². The zero-order valence-electron chi connectivity index (χ0n) is 8.42. The lowest BCUT2D eigenvalue weighted by molar-refractivity contribution is 1.11. The second kappa shape index (κ2) is 4.69. The minimum absolute atomic E-state index is 0.525. The molecule has 0 spiro atoms. The van der Waals surface area contributed by atoms with Crippen molar-refractivity contribution in [1.82, 2.24) is 4.98 Å². The molecule has 1 aromatic carbocycles. The van der Waals surface area contributed by atoms with Crippen LogP contribution >= 0.6 is 11.3 Å². The van der Waals surface area contributed by atoms with Crippen LogP contribution in [0.15, 0.2) is 35.7 Å². The van der Waals surface area contributed by atoms with Crippen LogP contribution in [0.1, 0.15) is 10.9 Å². The molecule has 1 N–H and O–H groups in total. The van der Waals surface area contributed by atoms with E-state index in [0.717, 1.165) is 17.5 Å². The third-order valence-electron chi connectivity index (χ3n) is 2.16. The summed E-state index contributed by atoms with van der Waals surface area (Å²) in [6.07, 6.45) is 1.12. The van der Waals surface area contributed by atoms with Crippen LogP contribution in [0, 0.1) is 16.7 Å². The van der Waals surface area contributed by atoms with E-state index in [4.69, 9.17) is 10.7 Å². The van der Waals surface area contributed by atoms with E-state index in [1.54, 1.807) is 0 Å². The summed E-state index contributed by atoms with van der Waals surface area (Å²) in [5.41, 5.74) is 1.90. The molecule has 1 unspecified atom stereocenters. The summed E-state index contributed by atoms with van der Waals surface area (Å²) < 4.78 is 0. The first-order valence-corrected chi connectivity index (χ1v) is 5.64. The number of aromatic nitrogens is 1. The molecule has 0 radical (unpaired) electrons. The fraction of sp³-hybridized carbons (Fsp3) is 0.0833. The zero-order chi connectivity index (χ0) is 11.4. The molecular formula is C12H9N3S. The summed E-state index contributed by atoms with van der Waals surface area (Å²) >= 11 is 1.42.